The van der Waals surface area contributed by atoms with E-state index in [0.717, 1.165) is 6.54 Å². The number of methoxy groups -OCH3 is 2. The highest BCUT2D eigenvalue weighted by atomic mass is 16.5. The molecule has 3 rings (SSSR count). The Labute approximate surface area is 200 Å². The number of hydrogen-bond donors (Lipinski definition) is 1. The van der Waals surface area contributed by atoms with Gasteiger partial charge in [-0.3, -0.25) is 9.59 Å². The zero-order valence-corrected chi connectivity index (χ0v) is 20.3. The predicted molar refractivity (Wildman–Crippen MR) is 129 cm³/mol. The van der Waals surface area contributed by atoms with Crippen molar-refractivity contribution in [3.05, 3.63) is 59.2 Å². The first kappa shape index (κ1) is 25.1. The van der Waals surface area contributed by atoms with Crippen LogP contribution in [0.25, 0.3) is 5.76 Å². The molecule has 1 N–H and O–H groups in total. The van der Waals surface area contributed by atoms with E-state index in [1.165, 1.54) is 12.0 Å². The number of ether oxygens (including phenoxy) is 3. The van der Waals surface area contributed by atoms with Crippen molar-refractivity contribution < 1.29 is 28.9 Å². The Morgan fingerprint density at radius 2 is 1.74 bits per heavy atom. The maximum Gasteiger partial charge on any atom is 0.295 e. The Morgan fingerprint density at radius 3 is 2.32 bits per heavy atom. The molecule has 0 aliphatic carbocycles. The topological polar surface area (TPSA) is 88.5 Å². The molecular weight excluding hydrogens is 436 g/mol. The summed E-state index contributed by atoms with van der Waals surface area (Å²) < 4.78 is 16.3. The molecule has 182 valence electrons. The van der Waals surface area contributed by atoms with Crippen LogP contribution in [0.5, 0.6) is 17.2 Å². The molecule has 1 saturated heterocycles. The molecule has 2 aromatic rings. The highest BCUT2D eigenvalue weighted by Crippen LogP contribution is 2.42. The smallest absolute Gasteiger partial charge is 0.295 e. The van der Waals surface area contributed by atoms with E-state index in [1.807, 2.05) is 25.9 Å². The van der Waals surface area contributed by atoms with Crippen molar-refractivity contribution in [1.29, 1.82) is 0 Å². The van der Waals surface area contributed by atoms with Crippen molar-refractivity contribution >= 4 is 17.4 Å². The molecule has 1 atom stereocenters. The highest BCUT2D eigenvalue weighted by molar-refractivity contribution is 6.46. The van der Waals surface area contributed by atoms with Gasteiger partial charge in [-0.15, -0.1) is 0 Å². The number of nitrogens with zero attached hydrogens (tertiary/aromatic N) is 2. The minimum Gasteiger partial charge on any atom is -0.507 e. The molecule has 34 heavy (non-hydrogen) atoms. The zero-order chi connectivity index (χ0) is 24.8. The number of aliphatic hydroxyl groups excluding tert-OH is 1. The first-order valence-electron chi connectivity index (χ1n) is 11.2. The third-order valence-electron chi connectivity index (χ3n) is 5.71. The van der Waals surface area contributed by atoms with Gasteiger partial charge in [0.15, 0.2) is 11.5 Å². The van der Waals surface area contributed by atoms with Crippen molar-refractivity contribution in [1.82, 2.24) is 9.80 Å². The predicted octanol–water partition coefficient (Wildman–Crippen LogP) is 3.48. The van der Waals surface area contributed by atoms with E-state index in [2.05, 4.69) is 0 Å². The lowest BCUT2D eigenvalue weighted by Gasteiger charge is -2.26. The number of likely N-dealkylation sites (tertiary alicyclic amines) is 1. The maximum absolute atomic E-state index is 13.2. The lowest BCUT2D eigenvalue weighted by Crippen LogP contribution is -2.32. The fourth-order valence-corrected chi connectivity index (χ4v) is 4.05. The molecule has 1 aliphatic heterocycles. The van der Waals surface area contributed by atoms with Crippen LogP contribution in [0.15, 0.2) is 48.0 Å². The minimum atomic E-state index is -0.756. The molecular formula is C26H32N2O6. The lowest BCUT2D eigenvalue weighted by molar-refractivity contribution is -0.139. The van der Waals surface area contributed by atoms with Crippen LogP contribution in [0, 0.1) is 0 Å². The van der Waals surface area contributed by atoms with Crippen LogP contribution in [-0.4, -0.2) is 74.6 Å². The molecule has 1 heterocycles. The van der Waals surface area contributed by atoms with Crippen molar-refractivity contribution in [2.45, 2.75) is 19.4 Å². The molecule has 1 amide bonds. The molecule has 0 spiro atoms. The third-order valence-corrected chi connectivity index (χ3v) is 5.71. The number of carbonyl (C=O) groups is 2. The van der Waals surface area contributed by atoms with Crippen LogP contribution in [-0.2, 0) is 9.59 Å². The highest BCUT2D eigenvalue weighted by Gasteiger charge is 2.46. The molecule has 8 heteroatoms. The van der Waals surface area contributed by atoms with E-state index in [1.54, 1.807) is 49.6 Å². The molecule has 0 aromatic heterocycles. The van der Waals surface area contributed by atoms with E-state index >= 15 is 0 Å². The maximum atomic E-state index is 13.2. The van der Waals surface area contributed by atoms with Crippen molar-refractivity contribution in [2.24, 2.45) is 0 Å². The van der Waals surface area contributed by atoms with Gasteiger partial charge in [0, 0.05) is 12.1 Å². The average Bonchev–Trinajstić information content (AvgIpc) is 3.09. The Kier molecular flexibility index (Phi) is 8.17. The summed E-state index contributed by atoms with van der Waals surface area (Å²) in [6.45, 7) is 3.46. The number of rotatable bonds is 10. The standard InChI is InChI=1S/C26H32N2O6/c1-6-34-20-13-10-18(16-21(20)33-5)23-22(24(29)17-8-11-19(32-4)12-9-17)25(30)26(31)28(23)15-7-14-27(2)3/h8-13,16,23,29H,6-7,14-15H2,1-5H3/b24-22-. The van der Waals surface area contributed by atoms with Crippen LogP contribution in [0.3, 0.4) is 0 Å². The van der Waals surface area contributed by atoms with E-state index in [-0.39, 0.29) is 11.3 Å². The summed E-state index contributed by atoms with van der Waals surface area (Å²) in [4.78, 5) is 29.8. The van der Waals surface area contributed by atoms with Gasteiger partial charge < -0.3 is 29.1 Å². The van der Waals surface area contributed by atoms with Crippen LogP contribution >= 0.6 is 0 Å². The van der Waals surface area contributed by atoms with Gasteiger partial charge in [0.2, 0.25) is 0 Å². The Morgan fingerprint density at radius 1 is 1.03 bits per heavy atom. The van der Waals surface area contributed by atoms with Crippen molar-refractivity contribution in [3.8, 4) is 17.2 Å². The first-order valence-corrected chi connectivity index (χ1v) is 11.2. The van der Waals surface area contributed by atoms with Gasteiger partial charge in [-0.2, -0.15) is 0 Å². The zero-order valence-electron chi connectivity index (χ0n) is 20.3. The second-order valence-corrected chi connectivity index (χ2v) is 8.22. The third kappa shape index (κ3) is 5.17. The SMILES string of the molecule is CCOc1ccc(C2/C(=C(/O)c3ccc(OC)cc3)C(=O)C(=O)N2CCCN(C)C)cc1OC. The first-order chi connectivity index (χ1) is 16.3. The summed E-state index contributed by atoms with van der Waals surface area (Å²) in [7, 11) is 6.99. The van der Waals surface area contributed by atoms with Crippen LogP contribution in [0.4, 0.5) is 0 Å². The van der Waals surface area contributed by atoms with Crippen molar-refractivity contribution in [3.63, 3.8) is 0 Å². The van der Waals surface area contributed by atoms with Crippen LogP contribution in [0.1, 0.15) is 30.5 Å². The van der Waals surface area contributed by atoms with Gasteiger partial charge in [0.1, 0.15) is 11.5 Å². The van der Waals surface area contributed by atoms with Gasteiger partial charge >= 0.3 is 0 Å². The quantitative estimate of drug-likeness (QED) is 0.324. The number of hydrogen-bond acceptors (Lipinski definition) is 7. The second kappa shape index (κ2) is 11.1. The Balaban J connectivity index is 2.12. The van der Waals surface area contributed by atoms with Gasteiger partial charge in [0.25, 0.3) is 11.7 Å². The summed E-state index contributed by atoms with van der Waals surface area (Å²) >= 11 is 0. The molecule has 0 bridgehead atoms. The number of amides is 1. The molecule has 1 aliphatic rings. The molecule has 0 radical (unpaired) electrons. The molecule has 1 fully saturated rings. The molecule has 8 nitrogen and oxygen atoms in total. The normalized spacial score (nSPS) is 17.4. The summed E-state index contributed by atoms with van der Waals surface area (Å²) in [6, 6.07) is 11.2. The van der Waals surface area contributed by atoms with E-state index in [4.69, 9.17) is 14.2 Å². The largest absolute Gasteiger partial charge is 0.507 e. The van der Waals surface area contributed by atoms with E-state index in [0.29, 0.717) is 47.9 Å². The van der Waals surface area contributed by atoms with Gasteiger partial charge in [-0.05, 0) is 75.9 Å². The fraction of sp³-hybridized carbons (Fsp3) is 0.385. The summed E-state index contributed by atoms with van der Waals surface area (Å²) in [5.41, 5.74) is 1.13. The van der Waals surface area contributed by atoms with Crippen molar-refractivity contribution in [2.75, 3.05) is 48.0 Å². The minimum absolute atomic E-state index is 0.0474. The Bertz CT molecular complexity index is 1060. The summed E-state index contributed by atoms with van der Waals surface area (Å²) in [5, 5.41) is 11.2. The number of carbonyl (C=O) groups excluding carboxylic acids is 2. The monoisotopic (exact) mass is 468 g/mol. The van der Waals surface area contributed by atoms with Gasteiger partial charge in [-0.25, -0.2) is 0 Å². The van der Waals surface area contributed by atoms with Gasteiger partial charge in [0.05, 0.1) is 32.4 Å². The Hall–Kier alpha value is -3.52. The van der Waals surface area contributed by atoms with Crippen LogP contribution in [0.2, 0.25) is 0 Å². The average molecular weight is 469 g/mol. The van der Waals surface area contributed by atoms with Gasteiger partial charge in [-0.1, -0.05) is 6.07 Å². The number of benzene rings is 2. The lowest BCUT2D eigenvalue weighted by atomic mass is 9.95. The fourth-order valence-electron chi connectivity index (χ4n) is 4.05. The number of aliphatic hydroxyl groups is 1. The molecule has 1 unspecified atom stereocenters. The molecule has 0 saturated carbocycles. The summed E-state index contributed by atoms with van der Waals surface area (Å²) in [6.07, 6.45) is 0.674. The number of Topliss-reactive ketones (excluding diaryl/α,β-unsaturated/α-hetero) is 1. The summed E-state index contributed by atoms with van der Waals surface area (Å²) in [5.74, 6) is 0.0984. The number of ketones is 1. The molecule has 2 aromatic carbocycles. The van der Waals surface area contributed by atoms with E-state index in [9.17, 15) is 14.7 Å². The van der Waals surface area contributed by atoms with E-state index < -0.39 is 17.7 Å². The second-order valence-electron chi connectivity index (χ2n) is 8.22. The van der Waals surface area contributed by atoms with Crippen LogP contribution < -0.4 is 14.2 Å².